The van der Waals surface area contributed by atoms with Gasteiger partial charge in [0.25, 0.3) is 5.56 Å². The van der Waals surface area contributed by atoms with Gasteiger partial charge in [0.15, 0.2) is 0 Å². The standard InChI is InChI=1S/C21H20FNO3/c22-17-8-6-16(7-9-17)13-19-20(25)10-11-23(21(19)26)18(14-24)12-15-4-2-1-3-5-15/h1-11,18,24-25H,12-14H2/t18-/m1/s1. The minimum atomic E-state index is -0.433. The molecule has 4 nitrogen and oxygen atoms in total. The molecule has 5 heteroatoms. The molecule has 3 rings (SSSR count). The maximum Gasteiger partial charge on any atom is 0.258 e. The van der Waals surface area contributed by atoms with Crippen molar-refractivity contribution in [2.75, 3.05) is 6.61 Å². The van der Waals surface area contributed by atoms with Gasteiger partial charge in [-0.25, -0.2) is 4.39 Å². The van der Waals surface area contributed by atoms with Gasteiger partial charge in [0.1, 0.15) is 11.6 Å². The quantitative estimate of drug-likeness (QED) is 0.716. The fourth-order valence-corrected chi connectivity index (χ4v) is 2.98. The predicted molar refractivity (Wildman–Crippen MR) is 97.8 cm³/mol. The summed E-state index contributed by atoms with van der Waals surface area (Å²) >= 11 is 0. The van der Waals surface area contributed by atoms with E-state index < -0.39 is 6.04 Å². The van der Waals surface area contributed by atoms with Crippen molar-refractivity contribution in [3.8, 4) is 5.75 Å². The first kappa shape index (κ1) is 17.9. The van der Waals surface area contributed by atoms with Crippen LogP contribution in [0.4, 0.5) is 4.39 Å². The zero-order valence-electron chi connectivity index (χ0n) is 14.2. The number of hydrogen-bond donors (Lipinski definition) is 2. The highest BCUT2D eigenvalue weighted by Gasteiger charge is 2.17. The molecule has 0 aliphatic rings. The topological polar surface area (TPSA) is 62.5 Å². The third kappa shape index (κ3) is 4.00. The Morgan fingerprint density at radius 2 is 1.65 bits per heavy atom. The van der Waals surface area contributed by atoms with Gasteiger partial charge in [0.2, 0.25) is 0 Å². The number of rotatable bonds is 6. The number of pyridine rings is 1. The fraction of sp³-hybridized carbons (Fsp3) is 0.190. The van der Waals surface area contributed by atoms with Crippen LogP contribution < -0.4 is 5.56 Å². The van der Waals surface area contributed by atoms with Crippen molar-refractivity contribution in [2.24, 2.45) is 0 Å². The van der Waals surface area contributed by atoms with Crippen molar-refractivity contribution < 1.29 is 14.6 Å². The molecule has 1 atom stereocenters. The molecule has 134 valence electrons. The third-order valence-corrected chi connectivity index (χ3v) is 4.41. The van der Waals surface area contributed by atoms with Crippen molar-refractivity contribution in [3.05, 3.63) is 99.7 Å². The molecule has 2 N–H and O–H groups in total. The Labute approximate surface area is 150 Å². The first-order valence-corrected chi connectivity index (χ1v) is 8.40. The number of benzene rings is 2. The van der Waals surface area contributed by atoms with E-state index in [9.17, 15) is 19.4 Å². The average Bonchev–Trinajstić information content (AvgIpc) is 2.66. The number of aromatic hydroxyl groups is 1. The van der Waals surface area contributed by atoms with Gasteiger partial charge < -0.3 is 14.8 Å². The van der Waals surface area contributed by atoms with E-state index in [4.69, 9.17) is 0 Å². The summed E-state index contributed by atoms with van der Waals surface area (Å²) in [7, 11) is 0. The van der Waals surface area contributed by atoms with Gasteiger partial charge in [-0.05, 0) is 35.7 Å². The van der Waals surface area contributed by atoms with Crippen molar-refractivity contribution >= 4 is 0 Å². The molecule has 0 bridgehead atoms. The summed E-state index contributed by atoms with van der Waals surface area (Å²) in [5, 5.41) is 19.9. The van der Waals surface area contributed by atoms with E-state index in [0.29, 0.717) is 6.42 Å². The highest BCUT2D eigenvalue weighted by atomic mass is 19.1. The molecule has 0 saturated heterocycles. The summed E-state index contributed by atoms with van der Waals surface area (Å²) in [6.45, 7) is -0.199. The summed E-state index contributed by atoms with van der Waals surface area (Å²) in [5.74, 6) is -0.460. The lowest BCUT2D eigenvalue weighted by molar-refractivity contribution is 0.224. The molecule has 0 unspecified atom stereocenters. The summed E-state index contributed by atoms with van der Waals surface area (Å²) in [6, 6.07) is 16.4. The number of hydrogen-bond acceptors (Lipinski definition) is 3. The number of nitrogens with zero attached hydrogens (tertiary/aromatic N) is 1. The molecule has 0 fully saturated rings. The van der Waals surface area contributed by atoms with E-state index in [-0.39, 0.29) is 35.7 Å². The van der Waals surface area contributed by atoms with Gasteiger partial charge in [-0.3, -0.25) is 4.79 Å². The van der Waals surface area contributed by atoms with Crippen LogP contribution >= 0.6 is 0 Å². The number of aliphatic hydroxyl groups is 1. The minimum absolute atomic E-state index is 0.105. The summed E-state index contributed by atoms with van der Waals surface area (Å²) in [6.07, 6.45) is 2.18. The molecule has 1 aromatic heterocycles. The lowest BCUT2D eigenvalue weighted by Gasteiger charge is -2.19. The van der Waals surface area contributed by atoms with Crippen LogP contribution in [0.5, 0.6) is 5.75 Å². The fourth-order valence-electron chi connectivity index (χ4n) is 2.98. The molecule has 26 heavy (non-hydrogen) atoms. The Balaban J connectivity index is 1.92. The number of aliphatic hydroxyl groups excluding tert-OH is 1. The maximum absolute atomic E-state index is 13.1. The summed E-state index contributed by atoms with van der Waals surface area (Å²) < 4.78 is 14.5. The minimum Gasteiger partial charge on any atom is -0.507 e. The highest BCUT2D eigenvalue weighted by molar-refractivity contribution is 5.35. The first-order valence-electron chi connectivity index (χ1n) is 8.40. The van der Waals surface area contributed by atoms with Crippen LogP contribution in [0.25, 0.3) is 0 Å². The van der Waals surface area contributed by atoms with E-state index in [2.05, 4.69) is 0 Å². The summed E-state index contributed by atoms with van der Waals surface area (Å²) in [4.78, 5) is 12.9. The maximum atomic E-state index is 13.1. The van der Waals surface area contributed by atoms with E-state index in [1.165, 1.54) is 29.0 Å². The molecule has 0 amide bonds. The van der Waals surface area contributed by atoms with Gasteiger partial charge in [0, 0.05) is 12.6 Å². The molecule has 0 spiro atoms. The van der Waals surface area contributed by atoms with E-state index >= 15 is 0 Å². The summed E-state index contributed by atoms with van der Waals surface area (Å²) in [5.41, 5.74) is 1.60. The zero-order valence-corrected chi connectivity index (χ0v) is 14.2. The zero-order chi connectivity index (χ0) is 18.5. The highest BCUT2D eigenvalue weighted by Crippen LogP contribution is 2.19. The van der Waals surface area contributed by atoms with Crippen molar-refractivity contribution in [3.63, 3.8) is 0 Å². The van der Waals surface area contributed by atoms with Gasteiger partial charge in [0.05, 0.1) is 18.2 Å². The molecule has 0 aliphatic heterocycles. The second-order valence-corrected chi connectivity index (χ2v) is 6.22. The van der Waals surface area contributed by atoms with Crippen LogP contribution in [-0.2, 0) is 12.8 Å². The van der Waals surface area contributed by atoms with Gasteiger partial charge in [-0.2, -0.15) is 0 Å². The molecular weight excluding hydrogens is 333 g/mol. The lowest BCUT2D eigenvalue weighted by Crippen LogP contribution is -2.30. The number of halogens is 1. The van der Waals surface area contributed by atoms with Gasteiger partial charge in [-0.15, -0.1) is 0 Å². The third-order valence-electron chi connectivity index (χ3n) is 4.41. The van der Waals surface area contributed by atoms with Crippen LogP contribution in [0.15, 0.2) is 71.7 Å². The Bertz CT molecular complexity index is 920. The normalized spacial score (nSPS) is 12.1. The molecule has 0 aliphatic carbocycles. The van der Waals surface area contributed by atoms with Crippen molar-refractivity contribution in [1.29, 1.82) is 0 Å². The van der Waals surface area contributed by atoms with Crippen molar-refractivity contribution in [1.82, 2.24) is 4.57 Å². The van der Waals surface area contributed by atoms with Crippen LogP contribution in [0.3, 0.4) is 0 Å². The monoisotopic (exact) mass is 353 g/mol. The molecule has 0 radical (unpaired) electrons. The van der Waals surface area contributed by atoms with Crippen LogP contribution in [0.2, 0.25) is 0 Å². The molecule has 0 saturated carbocycles. The Hall–Kier alpha value is -2.92. The van der Waals surface area contributed by atoms with Crippen LogP contribution in [0.1, 0.15) is 22.7 Å². The largest absolute Gasteiger partial charge is 0.507 e. The van der Waals surface area contributed by atoms with Gasteiger partial charge >= 0.3 is 0 Å². The van der Waals surface area contributed by atoms with Crippen LogP contribution in [-0.4, -0.2) is 21.4 Å². The number of aromatic nitrogens is 1. The predicted octanol–water partition coefficient (Wildman–Crippen LogP) is 3.06. The SMILES string of the molecule is O=c1c(Cc2ccc(F)cc2)c(O)ccn1[C@@H](CO)Cc1ccccc1. The first-order chi connectivity index (χ1) is 12.6. The Morgan fingerprint density at radius 1 is 0.962 bits per heavy atom. The van der Waals surface area contributed by atoms with E-state index in [0.717, 1.165) is 11.1 Å². The van der Waals surface area contributed by atoms with E-state index in [1.54, 1.807) is 12.1 Å². The van der Waals surface area contributed by atoms with Gasteiger partial charge in [-0.1, -0.05) is 42.5 Å². The molecule has 1 heterocycles. The Kier molecular flexibility index (Phi) is 5.49. The Morgan fingerprint density at radius 3 is 2.31 bits per heavy atom. The average molecular weight is 353 g/mol. The smallest absolute Gasteiger partial charge is 0.258 e. The molecule has 3 aromatic rings. The van der Waals surface area contributed by atoms with Crippen LogP contribution in [0, 0.1) is 5.82 Å². The second kappa shape index (κ2) is 7.97. The molecular formula is C21H20FNO3. The second-order valence-electron chi connectivity index (χ2n) is 6.22. The molecule has 2 aromatic carbocycles. The lowest BCUT2D eigenvalue weighted by atomic mass is 10.0. The van der Waals surface area contributed by atoms with E-state index in [1.807, 2.05) is 30.3 Å². The van der Waals surface area contributed by atoms with Crippen molar-refractivity contribution in [2.45, 2.75) is 18.9 Å².